The second-order valence-electron chi connectivity index (χ2n) is 8.53. The van der Waals surface area contributed by atoms with Gasteiger partial charge in [-0.05, 0) is 86.8 Å². The molecule has 1 aliphatic rings. The van der Waals surface area contributed by atoms with E-state index in [1.165, 1.54) is 10.4 Å². The fraction of sp³-hybridized carbons (Fsp3) is 0.269. The van der Waals surface area contributed by atoms with Crippen LogP contribution in [0.5, 0.6) is 0 Å². The van der Waals surface area contributed by atoms with Gasteiger partial charge in [-0.15, -0.1) is 0 Å². The van der Waals surface area contributed by atoms with Gasteiger partial charge in [0.25, 0.3) is 15.9 Å². The van der Waals surface area contributed by atoms with Gasteiger partial charge in [0.15, 0.2) is 0 Å². The van der Waals surface area contributed by atoms with Crippen molar-refractivity contribution in [1.82, 2.24) is 5.32 Å². The summed E-state index contributed by atoms with van der Waals surface area (Å²) >= 11 is 0. The Bertz CT molecular complexity index is 1360. The minimum Gasteiger partial charge on any atom is -0.321 e. The van der Waals surface area contributed by atoms with Crippen molar-refractivity contribution in [2.45, 2.75) is 31.1 Å². The van der Waals surface area contributed by atoms with Crippen LogP contribution in [0.3, 0.4) is 0 Å². The van der Waals surface area contributed by atoms with E-state index in [9.17, 15) is 22.0 Å². The van der Waals surface area contributed by atoms with Crippen molar-refractivity contribution in [2.75, 3.05) is 29.8 Å². The summed E-state index contributed by atoms with van der Waals surface area (Å²) in [6.07, 6.45) is 2.02. The molecule has 0 unspecified atom stereocenters. The lowest BCUT2D eigenvalue weighted by molar-refractivity contribution is 0.101. The van der Waals surface area contributed by atoms with Crippen molar-refractivity contribution >= 4 is 27.3 Å². The van der Waals surface area contributed by atoms with E-state index in [0.717, 1.165) is 29.8 Å². The van der Waals surface area contributed by atoms with Crippen LogP contribution in [0.2, 0.25) is 0 Å². The van der Waals surface area contributed by atoms with Crippen LogP contribution in [0, 0.1) is 18.6 Å². The monoisotopic (exact) mass is 499 g/mol. The number of carbonyl (C=O) groups is 1. The average molecular weight is 500 g/mol. The highest BCUT2D eigenvalue weighted by molar-refractivity contribution is 7.92. The summed E-state index contributed by atoms with van der Waals surface area (Å²) in [5.41, 5.74) is 2.46. The Morgan fingerprint density at radius 2 is 1.77 bits per heavy atom. The molecule has 9 heteroatoms. The topological polar surface area (TPSA) is 78.5 Å². The number of anilines is 2. The van der Waals surface area contributed by atoms with Gasteiger partial charge >= 0.3 is 0 Å². The standard InChI is InChI=1S/C26H27F2N3O3S/c1-17-14-19-7-5-13-31(35(33,34)20-8-3-6-18(15-20)11-12-29-2)24(19)16-23(17)30-26(32)25-21(27)9-4-10-22(25)28/h3-4,6,8-10,14-16,29H,5,7,11-13H2,1-2H3,(H,30,32). The number of halogens is 2. The van der Waals surface area contributed by atoms with Gasteiger partial charge in [-0.25, -0.2) is 17.2 Å². The van der Waals surface area contributed by atoms with Crippen LogP contribution in [0.4, 0.5) is 20.2 Å². The zero-order chi connectivity index (χ0) is 25.2. The summed E-state index contributed by atoms with van der Waals surface area (Å²) in [5, 5.41) is 5.61. The van der Waals surface area contributed by atoms with E-state index < -0.39 is 33.1 Å². The molecule has 0 aromatic heterocycles. The molecule has 6 nitrogen and oxygen atoms in total. The zero-order valence-corrected chi connectivity index (χ0v) is 20.4. The van der Waals surface area contributed by atoms with Crippen LogP contribution in [0.1, 0.15) is 33.5 Å². The Morgan fingerprint density at radius 1 is 1.06 bits per heavy atom. The van der Waals surface area contributed by atoms with Gasteiger partial charge in [-0.3, -0.25) is 9.10 Å². The number of amides is 1. The summed E-state index contributed by atoms with van der Waals surface area (Å²) in [7, 11) is -2.03. The number of carbonyl (C=O) groups excluding carboxylic acids is 1. The highest BCUT2D eigenvalue weighted by Gasteiger charge is 2.30. The Hall–Kier alpha value is -3.30. The Kier molecular flexibility index (Phi) is 7.18. The SMILES string of the molecule is CNCCc1cccc(S(=O)(=O)N2CCCc3cc(C)c(NC(=O)c4c(F)cccc4F)cc32)c1. The molecule has 4 rings (SSSR count). The average Bonchev–Trinajstić information content (AvgIpc) is 2.83. The van der Waals surface area contributed by atoms with Crippen molar-refractivity contribution < 1.29 is 22.0 Å². The lowest BCUT2D eigenvalue weighted by atomic mass is 9.99. The largest absolute Gasteiger partial charge is 0.321 e. The maximum atomic E-state index is 14.1. The van der Waals surface area contributed by atoms with Crippen LogP contribution in [0.25, 0.3) is 0 Å². The zero-order valence-electron chi connectivity index (χ0n) is 19.6. The highest BCUT2D eigenvalue weighted by Crippen LogP contribution is 2.36. The summed E-state index contributed by atoms with van der Waals surface area (Å²) in [4.78, 5) is 12.9. The third kappa shape index (κ3) is 5.06. The van der Waals surface area contributed by atoms with E-state index in [0.29, 0.717) is 36.2 Å². The van der Waals surface area contributed by atoms with Gasteiger partial charge < -0.3 is 10.6 Å². The van der Waals surface area contributed by atoms with Crippen molar-refractivity contribution in [2.24, 2.45) is 0 Å². The second kappa shape index (κ2) is 10.1. The summed E-state index contributed by atoms with van der Waals surface area (Å²) in [6, 6.07) is 13.5. The fourth-order valence-electron chi connectivity index (χ4n) is 4.26. The number of fused-ring (bicyclic) bond motifs is 1. The molecule has 3 aromatic rings. The molecule has 1 amide bonds. The van der Waals surface area contributed by atoms with Gasteiger partial charge in [0.1, 0.15) is 17.2 Å². The number of hydrogen-bond acceptors (Lipinski definition) is 4. The third-order valence-corrected chi connectivity index (χ3v) is 7.90. The first-order valence-corrected chi connectivity index (χ1v) is 12.8. The molecular formula is C26H27F2N3O3S. The first-order valence-electron chi connectivity index (χ1n) is 11.4. The fourth-order valence-corrected chi connectivity index (χ4v) is 5.87. The van der Waals surface area contributed by atoms with Crippen molar-refractivity contribution in [3.63, 3.8) is 0 Å². The second-order valence-corrected chi connectivity index (χ2v) is 10.4. The molecule has 0 fully saturated rings. The smallest absolute Gasteiger partial charge is 0.264 e. The molecule has 0 atom stereocenters. The Labute approximate surface area is 204 Å². The summed E-state index contributed by atoms with van der Waals surface area (Å²) < 4.78 is 56.8. The van der Waals surface area contributed by atoms with Crippen LogP contribution in [-0.2, 0) is 22.9 Å². The molecular weight excluding hydrogens is 472 g/mol. The lowest BCUT2D eigenvalue weighted by Crippen LogP contribution is -2.35. The van der Waals surface area contributed by atoms with E-state index >= 15 is 0 Å². The predicted molar refractivity (Wildman–Crippen MR) is 132 cm³/mol. The predicted octanol–water partition coefficient (Wildman–Crippen LogP) is 4.43. The number of likely N-dealkylation sites (N-methyl/N-ethyl adjacent to an activating group) is 1. The van der Waals surface area contributed by atoms with E-state index in [2.05, 4.69) is 10.6 Å². The molecule has 184 valence electrons. The van der Waals surface area contributed by atoms with Gasteiger partial charge in [0.05, 0.1) is 10.6 Å². The minimum atomic E-state index is -3.87. The Balaban J connectivity index is 1.70. The number of aryl methyl sites for hydroxylation is 2. The van der Waals surface area contributed by atoms with Gasteiger partial charge in [0, 0.05) is 12.2 Å². The number of nitrogens with zero attached hydrogens (tertiary/aromatic N) is 1. The molecule has 0 saturated carbocycles. The molecule has 0 bridgehead atoms. The van der Waals surface area contributed by atoms with Crippen LogP contribution < -0.4 is 14.9 Å². The summed E-state index contributed by atoms with van der Waals surface area (Å²) in [5.74, 6) is -2.88. The molecule has 3 aromatic carbocycles. The first-order chi connectivity index (χ1) is 16.7. The number of nitrogens with one attached hydrogen (secondary N) is 2. The number of benzene rings is 3. The van der Waals surface area contributed by atoms with Gasteiger partial charge in [-0.1, -0.05) is 24.3 Å². The minimum absolute atomic E-state index is 0.193. The van der Waals surface area contributed by atoms with Crippen LogP contribution in [-0.4, -0.2) is 34.5 Å². The maximum Gasteiger partial charge on any atom is 0.264 e. The lowest BCUT2D eigenvalue weighted by Gasteiger charge is -2.31. The molecule has 0 aliphatic carbocycles. The maximum absolute atomic E-state index is 14.1. The van der Waals surface area contributed by atoms with Gasteiger partial charge in [-0.2, -0.15) is 0 Å². The molecule has 0 spiro atoms. The molecule has 1 heterocycles. The normalized spacial score (nSPS) is 13.4. The van der Waals surface area contributed by atoms with Crippen molar-refractivity contribution in [1.29, 1.82) is 0 Å². The molecule has 1 aliphatic heterocycles. The highest BCUT2D eigenvalue weighted by atomic mass is 32.2. The number of hydrogen-bond donors (Lipinski definition) is 2. The molecule has 35 heavy (non-hydrogen) atoms. The van der Waals surface area contributed by atoms with E-state index in [4.69, 9.17) is 0 Å². The Morgan fingerprint density at radius 3 is 2.49 bits per heavy atom. The van der Waals surface area contributed by atoms with Gasteiger partial charge in [0.2, 0.25) is 0 Å². The third-order valence-electron chi connectivity index (χ3n) is 6.09. The molecule has 0 saturated heterocycles. The first kappa shape index (κ1) is 24.8. The van der Waals surface area contributed by atoms with E-state index in [1.54, 1.807) is 31.2 Å². The van der Waals surface area contributed by atoms with Crippen LogP contribution in [0.15, 0.2) is 59.5 Å². The van der Waals surface area contributed by atoms with Crippen molar-refractivity contribution in [3.05, 3.63) is 88.5 Å². The quantitative estimate of drug-likeness (QED) is 0.504. The van der Waals surface area contributed by atoms with Crippen molar-refractivity contribution in [3.8, 4) is 0 Å². The number of rotatable bonds is 7. The molecule has 2 N–H and O–H groups in total. The van der Waals surface area contributed by atoms with Crippen LogP contribution >= 0.6 is 0 Å². The van der Waals surface area contributed by atoms with E-state index in [1.807, 2.05) is 19.2 Å². The number of sulfonamides is 1. The van der Waals surface area contributed by atoms with E-state index in [-0.39, 0.29) is 11.4 Å². The summed E-state index contributed by atoms with van der Waals surface area (Å²) in [6.45, 7) is 2.77. The molecule has 0 radical (unpaired) electrons.